The van der Waals surface area contributed by atoms with Gasteiger partial charge < -0.3 is 14.6 Å². The van der Waals surface area contributed by atoms with E-state index in [0.717, 1.165) is 6.42 Å². The van der Waals surface area contributed by atoms with Crippen molar-refractivity contribution >= 4 is 5.97 Å². The van der Waals surface area contributed by atoms with Gasteiger partial charge in [-0.05, 0) is 6.42 Å². The second-order valence-corrected chi connectivity index (χ2v) is 2.97. The summed E-state index contributed by atoms with van der Waals surface area (Å²) in [5.74, 6) is -1.02. The van der Waals surface area contributed by atoms with Crippen molar-refractivity contribution < 1.29 is 19.4 Å². The molecule has 0 bridgehead atoms. The lowest BCUT2D eigenvalue weighted by atomic mass is 9.94. The zero-order valence-corrected chi connectivity index (χ0v) is 6.03. The normalized spacial score (nSPS) is 42.4. The fourth-order valence-corrected chi connectivity index (χ4v) is 1.72. The first kappa shape index (κ1) is 7.06. The summed E-state index contributed by atoms with van der Waals surface area (Å²) in [7, 11) is 0. The molecule has 4 nitrogen and oxygen atoms in total. The second kappa shape index (κ2) is 2.46. The van der Waals surface area contributed by atoms with Crippen LogP contribution < -0.4 is 0 Å². The molecule has 0 aliphatic carbocycles. The van der Waals surface area contributed by atoms with Gasteiger partial charge in [0.2, 0.25) is 0 Å². The smallest absolute Gasteiger partial charge is 0.309 e. The molecule has 0 aromatic heterocycles. The van der Waals surface area contributed by atoms with Crippen LogP contribution in [0.4, 0.5) is 0 Å². The van der Waals surface area contributed by atoms with E-state index in [2.05, 4.69) is 0 Å². The molecule has 2 heterocycles. The molecule has 2 saturated heterocycles. The first-order chi connectivity index (χ1) is 5.29. The average molecular weight is 158 g/mol. The molecule has 0 saturated carbocycles. The fraction of sp³-hybridized carbons (Fsp3) is 0.857. The molecule has 2 aliphatic rings. The summed E-state index contributed by atoms with van der Waals surface area (Å²) in [5.41, 5.74) is 0. The second-order valence-electron chi connectivity index (χ2n) is 2.97. The van der Waals surface area contributed by atoms with Gasteiger partial charge in [0.1, 0.15) is 0 Å². The van der Waals surface area contributed by atoms with E-state index in [4.69, 9.17) is 14.6 Å². The lowest BCUT2D eigenvalue weighted by Crippen LogP contribution is -2.22. The Bertz CT molecular complexity index is 179. The summed E-state index contributed by atoms with van der Waals surface area (Å²) in [4.78, 5) is 10.6. The number of ether oxygens (including phenoxy) is 2. The minimum Gasteiger partial charge on any atom is -0.481 e. The van der Waals surface area contributed by atoms with Gasteiger partial charge in [0.05, 0.1) is 19.1 Å². The Kier molecular flexibility index (Phi) is 1.58. The number of fused-ring (bicyclic) bond motifs is 1. The van der Waals surface area contributed by atoms with Gasteiger partial charge >= 0.3 is 5.97 Å². The van der Waals surface area contributed by atoms with Crippen LogP contribution in [0.15, 0.2) is 0 Å². The zero-order chi connectivity index (χ0) is 7.84. The van der Waals surface area contributed by atoms with Gasteiger partial charge in [0.15, 0.2) is 6.29 Å². The lowest BCUT2D eigenvalue weighted by Gasteiger charge is -2.08. The third-order valence-electron chi connectivity index (χ3n) is 2.36. The van der Waals surface area contributed by atoms with Gasteiger partial charge in [0.25, 0.3) is 0 Å². The third-order valence-corrected chi connectivity index (χ3v) is 2.36. The zero-order valence-electron chi connectivity index (χ0n) is 6.03. The van der Waals surface area contributed by atoms with Crippen molar-refractivity contribution in [2.75, 3.05) is 13.2 Å². The lowest BCUT2D eigenvalue weighted by molar-refractivity contribution is -0.142. The van der Waals surface area contributed by atoms with E-state index in [-0.39, 0.29) is 18.1 Å². The summed E-state index contributed by atoms with van der Waals surface area (Å²) < 4.78 is 10.3. The van der Waals surface area contributed by atoms with Crippen molar-refractivity contribution in [1.82, 2.24) is 0 Å². The fourth-order valence-electron chi connectivity index (χ4n) is 1.72. The van der Waals surface area contributed by atoms with E-state index in [1.807, 2.05) is 0 Å². The van der Waals surface area contributed by atoms with E-state index in [1.165, 1.54) is 0 Å². The number of hydrogen-bond donors (Lipinski definition) is 1. The molecular formula is C7H10O4. The van der Waals surface area contributed by atoms with Crippen molar-refractivity contribution in [2.45, 2.75) is 12.7 Å². The first-order valence-electron chi connectivity index (χ1n) is 3.75. The molecule has 4 heteroatoms. The van der Waals surface area contributed by atoms with Crippen molar-refractivity contribution in [3.8, 4) is 0 Å². The first-order valence-corrected chi connectivity index (χ1v) is 3.75. The molecule has 0 aromatic carbocycles. The van der Waals surface area contributed by atoms with Crippen LogP contribution in [0.1, 0.15) is 6.42 Å². The van der Waals surface area contributed by atoms with Gasteiger partial charge in [0, 0.05) is 5.92 Å². The highest BCUT2D eigenvalue weighted by Gasteiger charge is 2.45. The number of hydrogen-bond acceptors (Lipinski definition) is 3. The van der Waals surface area contributed by atoms with Gasteiger partial charge in [-0.2, -0.15) is 0 Å². The molecule has 1 N–H and O–H groups in total. The van der Waals surface area contributed by atoms with Gasteiger partial charge in [-0.3, -0.25) is 4.79 Å². The van der Waals surface area contributed by atoms with Crippen LogP contribution in [0.5, 0.6) is 0 Å². The molecule has 0 radical (unpaired) electrons. The molecule has 3 unspecified atom stereocenters. The Morgan fingerprint density at radius 2 is 2.27 bits per heavy atom. The minimum absolute atomic E-state index is 0.0903. The maximum atomic E-state index is 10.6. The van der Waals surface area contributed by atoms with Gasteiger partial charge in [-0.25, -0.2) is 0 Å². The standard InChI is InChI=1S/C7H10O4/c8-6(9)5-3-11-7-4(5)1-2-10-7/h4-5,7H,1-3H2,(H,8,9). The molecule has 0 amide bonds. The molecule has 2 fully saturated rings. The van der Waals surface area contributed by atoms with E-state index < -0.39 is 5.97 Å². The van der Waals surface area contributed by atoms with Gasteiger partial charge in [-0.1, -0.05) is 0 Å². The van der Waals surface area contributed by atoms with Crippen LogP contribution in [0.25, 0.3) is 0 Å². The van der Waals surface area contributed by atoms with Crippen molar-refractivity contribution in [3.63, 3.8) is 0 Å². The summed E-state index contributed by atoms with van der Waals surface area (Å²) in [6, 6.07) is 0. The summed E-state index contributed by atoms with van der Waals surface area (Å²) >= 11 is 0. The SMILES string of the molecule is O=C(O)C1COC2OCCC21. The van der Waals surface area contributed by atoms with Gasteiger partial charge in [-0.15, -0.1) is 0 Å². The predicted molar refractivity (Wildman–Crippen MR) is 34.9 cm³/mol. The summed E-state index contributed by atoms with van der Waals surface area (Å²) in [5, 5.41) is 8.72. The summed E-state index contributed by atoms with van der Waals surface area (Å²) in [6.07, 6.45) is 0.581. The Hall–Kier alpha value is -0.610. The minimum atomic E-state index is -0.761. The Balaban J connectivity index is 2.08. The number of carboxylic acids is 1. The number of carboxylic acid groups (broad SMARTS) is 1. The van der Waals surface area contributed by atoms with Crippen LogP contribution >= 0.6 is 0 Å². The van der Waals surface area contributed by atoms with E-state index in [0.29, 0.717) is 13.2 Å². The van der Waals surface area contributed by atoms with Crippen molar-refractivity contribution in [3.05, 3.63) is 0 Å². The van der Waals surface area contributed by atoms with Crippen molar-refractivity contribution in [1.29, 1.82) is 0 Å². The highest BCUT2D eigenvalue weighted by atomic mass is 16.7. The molecule has 0 spiro atoms. The predicted octanol–water partition coefficient (Wildman–Crippen LogP) is 0.0800. The third kappa shape index (κ3) is 1.02. The highest BCUT2D eigenvalue weighted by Crippen LogP contribution is 2.35. The Morgan fingerprint density at radius 1 is 1.45 bits per heavy atom. The van der Waals surface area contributed by atoms with E-state index in [1.54, 1.807) is 0 Å². The van der Waals surface area contributed by atoms with Crippen molar-refractivity contribution in [2.24, 2.45) is 11.8 Å². The number of carbonyl (C=O) groups is 1. The number of aliphatic carboxylic acids is 1. The molecular weight excluding hydrogens is 148 g/mol. The van der Waals surface area contributed by atoms with Crippen LogP contribution in [0.2, 0.25) is 0 Å². The van der Waals surface area contributed by atoms with E-state index in [9.17, 15) is 4.79 Å². The largest absolute Gasteiger partial charge is 0.481 e. The Labute approximate surface area is 64.1 Å². The average Bonchev–Trinajstić information content (AvgIpc) is 2.41. The maximum Gasteiger partial charge on any atom is 0.309 e. The number of rotatable bonds is 1. The van der Waals surface area contributed by atoms with Crippen LogP contribution in [0, 0.1) is 11.8 Å². The Morgan fingerprint density at radius 3 is 3.00 bits per heavy atom. The van der Waals surface area contributed by atoms with Crippen LogP contribution in [0.3, 0.4) is 0 Å². The maximum absolute atomic E-state index is 10.6. The highest BCUT2D eigenvalue weighted by molar-refractivity contribution is 5.71. The topological polar surface area (TPSA) is 55.8 Å². The molecule has 0 aromatic rings. The van der Waals surface area contributed by atoms with Crippen LogP contribution in [-0.2, 0) is 14.3 Å². The summed E-state index contributed by atoms with van der Waals surface area (Å²) in [6.45, 7) is 0.948. The quantitative estimate of drug-likeness (QED) is 0.587. The molecule has 62 valence electrons. The monoisotopic (exact) mass is 158 g/mol. The van der Waals surface area contributed by atoms with E-state index >= 15 is 0 Å². The molecule has 11 heavy (non-hydrogen) atoms. The molecule has 2 rings (SSSR count). The molecule has 3 atom stereocenters. The van der Waals surface area contributed by atoms with Crippen LogP contribution in [-0.4, -0.2) is 30.6 Å². The molecule has 2 aliphatic heterocycles.